The van der Waals surface area contributed by atoms with E-state index in [1.165, 1.54) is 0 Å². The van der Waals surface area contributed by atoms with Crippen LogP contribution in [-0.4, -0.2) is 36.4 Å². The van der Waals surface area contributed by atoms with Crippen molar-refractivity contribution < 1.29 is 14.6 Å². The van der Waals surface area contributed by atoms with Crippen molar-refractivity contribution in [1.29, 1.82) is 0 Å². The van der Waals surface area contributed by atoms with Gasteiger partial charge in [0.05, 0.1) is 0 Å². The zero-order valence-corrected chi connectivity index (χ0v) is 10.8. The maximum atomic E-state index is 10.9. The van der Waals surface area contributed by atoms with Gasteiger partial charge in [0.15, 0.2) is 0 Å². The van der Waals surface area contributed by atoms with E-state index in [9.17, 15) is 4.79 Å². The molecule has 0 saturated heterocycles. The summed E-state index contributed by atoms with van der Waals surface area (Å²) in [4.78, 5) is 10.9. The molecular formula is C12H25NO3. The molecule has 1 unspecified atom stereocenters. The van der Waals surface area contributed by atoms with E-state index in [2.05, 4.69) is 19.2 Å². The molecule has 0 aromatic rings. The quantitative estimate of drug-likeness (QED) is 0.595. The highest BCUT2D eigenvalue weighted by Gasteiger charge is 2.17. The summed E-state index contributed by atoms with van der Waals surface area (Å²) < 4.78 is 5.40. The Bertz CT molecular complexity index is 193. The monoisotopic (exact) mass is 231 g/mol. The van der Waals surface area contributed by atoms with Crippen molar-refractivity contribution in [3.05, 3.63) is 0 Å². The Kier molecular flexibility index (Phi) is 8.21. The zero-order valence-electron chi connectivity index (χ0n) is 10.8. The van der Waals surface area contributed by atoms with Crippen molar-refractivity contribution in [1.82, 2.24) is 5.32 Å². The lowest BCUT2D eigenvalue weighted by atomic mass is 10.1. The average molecular weight is 231 g/mol. The first-order valence-electron chi connectivity index (χ1n) is 6.00. The van der Waals surface area contributed by atoms with Gasteiger partial charge in [-0.25, -0.2) is 0 Å². The predicted molar refractivity (Wildman–Crippen MR) is 64.6 cm³/mol. The Morgan fingerprint density at radius 1 is 1.19 bits per heavy atom. The molecule has 0 spiro atoms. The van der Waals surface area contributed by atoms with Crippen LogP contribution in [-0.2, 0) is 9.53 Å². The van der Waals surface area contributed by atoms with Gasteiger partial charge in [0.2, 0.25) is 0 Å². The van der Waals surface area contributed by atoms with Crippen LogP contribution in [0, 0.1) is 5.92 Å². The van der Waals surface area contributed by atoms with Gasteiger partial charge in [0.25, 0.3) is 0 Å². The molecule has 96 valence electrons. The van der Waals surface area contributed by atoms with Crippen LogP contribution in [0.4, 0.5) is 0 Å². The zero-order chi connectivity index (χ0) is 12.6. The van der Waals surface area contributed by atoms with Crippen molar-refractivity contribution in [2.24, 2.45) is 5.92 Å². The third-order valence-electron chi connectivity index (χ3n) is 2.22. The summed E-state index contributed by atoms with van der Waals surface area (Å²) in [6.07, 6.45) is 1.54. The first kappa shape index (κ1) is 15.4. The maximum absolute atomic E-state index is 10.9. The molecule has 1 atom stereocenters. The standard InChI is InChI=1S/C12H25NO3/c1-9(2)5-7-16-8-6-11(12(14)15)13-10(3)4/h9-11,13H,5-8H2,1-4H3,(H,14,15). The Morgan fingerprint density at radius 3 is 2.19 bits per heavy atom. The molecule has 4 nitrogen and oxygen atoms in total. The third kappa shape index (κ3) is 8.68. The predicted octanol–water partition coefficient (Wildman–Crippen LogP) is 1.89. The molecule has 0 amide bonds. The summed E-state index contributed by atoms with van der Waals surface area (Å²) in [6.45, 7) is 9.38. The fourth-order valence-corrected chi connectivity index (χ4v) is 1.30. The van der Waals surface area contributed by atoms with Crippen LogP contribution in [0.5, 0.6) is 0 Å². The fraction of sp³-hybridized carbons (Fsp3) is 0.917. The summed E-state index contributed by atoms with van der Waals surface area (Å²) in [6, 6.07) is -0.323. The van der Waals surface area contributed by atoms with Gasteiger partial charge in [-0.05, 0) is 18.8 Å². The van der Waals surface area contributed by atoms with Gasteiger partial charge in [0, 0.05) is 19.3 Å². The molecule has 0 aliphatic heterocycles. The molecule has 0 rings (SSSR count). The number of hydrogen-bond donors (Lipinski definition) is 2. The van der Waals surface area contributed by atoms with Crippen molar-refractivity contribution >= 4 is 5.97 Å². The van der Waals surface area contributed by atoms with Crippen molar-refractivity contribution in [2.45, 2.75) is 52.6 Å². The van der Waals surface area contributed by atoms with E-state index < -0.39 is 12.0 Å². The van der Waals surface area contributed by atoms with E-state index in [0.29, 0.717) is 25.6 Å². The summed E-state index contributed by atoms with van der Waals surface area (Å²) >= 11 is 0. The highest BCUT2D eigenvalue weighted by Crippen LogP contribution is 2.01. The molecule has 0 aliphatic rings. The first-order valence-corrected chi connectivity index (χ1v) is 6.00. The van der Waals surface area contributed by atoms with Crippen LogP contribution in [0.2, 0.25) is 0 Å². The van der Waals surface area contributed by atoms with Crippen LogP contribution in [0.1, 0.15) is 40.5 Å². The lowest BCUT2D eigenvalue weighted by Gasteiger charge is -2.17. The van der Waals surface area contributed by atoms with E-state index in [-0.39, 0.29) is 6.04 Å². The molecule has 0 heterocycles. The SMILES string of the molecule is CC(C)CCOCCC(NC(C)C)C(=O)O. The number of rotatable bonds is 9. The second kappa shape index (κ2) is 8.53. The number of carboxylic acids is 1. The number of nitrogens with one attached hydrogen (secondary N) is 1. The van der Waals surface area contributed by atoms with Crippen molar-refractivity contribution in [3.8, 4) is 0 Å². The molecule has 0 radical (unpaired) electrons. The van der Waals surface area contributed by atoms with E-state index in [0.717, 1.165) is 6.42 Å². The van der Waals surface area contributed by atoms with Gasteiger partial charge in [-0.3, -0.25) is 4.79 Å². The lowest BCUT2D eigenvalue weighted by molar-refractivity contribution is -0.140. The van der Waals surface area contributed by atoms with Crippen molar-refractivity contribution in [3.63, 3.8) is 0 Å². The molecule has 2 N–H and O–H groups in total. The van der Waals surface area contributed by atoms with E-state index in [1.54, 1.807) is 0 Å². The lowest BCUT2D eigenvalue weighted by Crippen LogP contribution is -2.41. The molecule has 0 fully saturated rings. The summed E-state index contributed by atoms with van der Waals surface area (Å²) in [5.74, 6) is -0.176. The van der Waals surface area contributed by atoms with Gasteiger partial charge >= 0.3 is 5.97 Å². The van der Waals surface area contributed by atoms with E-state index >= 15 is 0 Å². The highest BCUT2D eigenvalue weighted by molar-refractivity contribution is 5.73. The molecule has 16 heavy (non-hydrogen) atoms. The molecular weight excluding hydrogens is 206 g/mol. The minimum Gasteiger partial charge on any atom is -0.480 e. The number of carboxylic acid groups (broad SMARTS) is 1. The van der Waals surface area contributed by atoms with Crippen LogP contribution >= 0.6 is 0 Å². The Balaban J connectivity index is 3.64. The van der Waals surface area contributed by atoms with Crippen molar-refractivity contribution in [2.75, 3.05) is 13.2 Å². The van der Waals surface area contributed by atoms with Gasteiger partial charge < -0.3 is 15.2 Å². The molecule has 0 bridgehead atoms. The minimum atomic E-state index is -0.804. The second-order valence-corrected chi connectivity index (χ2v) is 4.80. The first-order chi connectivity index (χ1) is 7.43. The van der Waals surface area contributed by atoms with Gasteiger partial charge in [-0.2, -0.15) is 0 Å². The number of aliphatic carboxylic acids is 1. The summed E-state index contributed by atoms with van der Waals surface area (Å²) in [5, 5.41) is 11.9. The van der Waals surface area contributed by atoms with E-state index in [4.69, 9.17) is 9.84 Å². The van der Waals surface area contributed by atoms with Crippen LogP contribution in [0.25, 0.3) is 0 Å². The summed E-state index contributed by atoms with van der Waals surface area (Å²) in [5.41, 5.74) is 0. The maximum Gasteiger partial charge on any atom is 0.320 e. The summed E-state index contributed by atoms with van der Waals surface area (Å²) in [7, 11) is 0. The molecule has 0 aromatic carbocycles. The molecule has 0 saturated carbocycles. The molecule has 0 aliphatic carbocycles. The topological polar surface area (TPSA) is 58.6 Å². The number of hydrogen-bond acceptors (Lipinski definition) is 3. The Labute approximate surface area is 98.4 Å². The second-order valence-electron chi connectivity index (χ2n) is 4.80. The smallest absolute Gasteiger partial charge is 0.320 e. The van der Waals surface area contributed by atoms with Crippen LogP contribution in [0.3, 0.4) is 0 Å². The van der Waals surface area contributed by atoms with E-state index in [1.807, 2.05) is 13.8 Å². The number of carbonyl (C=O) groups is 1. The Morgan fingerprint density at radius 2 is 1.75 bits per heavy atom. The van der Waals surface area contributed by atoms with Gasteiger partial charge in [0.1, 0.15) is 6.04 Å². The molecule has 0 aromatic heterocycles. The van der Waals surface area contributed by atoms with Crippen LogP contribution < -0.4 is 5.32 Å². The highest BCUT2D eigenvalue weighted by atomic mass is 16.5. The van der Waals surface area contributed by atoms with Crippen LogP contribution in [0.15, 0.2) is 0 Å². The average Bonchev–Trinajstić information content (AvgIpc) is 2.14. The normalized spacial score (nSPS) is 13.4. The number of ether oxygens (including phenoxy) is 1. The molecule has 4 heteroatoms. The van der Waals surface area contributed by atoms with Gasteiger partial charge in [-0.1, -0.05) is 27.7 Å². The third-order valence-corrected chi connectivity index (χ3v) is 2.22. The fourth-order valence-electron chi connectivity index (χ4n) is 1.30. The minimum absolute atomic E-state index is 0.178. The Hall–Kier alpha value is -0.610. The largest absolute Gasteiger partial charge is 0.480 e. The van der Waals surface area contributed by atoms with Gasteiger partial charge in [-0.15, -0.1) is 0 Å².